The maximum Gasteiger partial charge on any atom is 0.238 e. The van der Waals surface area contributed by atoms with Crippen LogP contribution in [0, 0.1) is 6.92 Å². The molecule has 6 heteroatoms. The molecule has 22 heavy (non-hydrogen) atoms. The molecule has 1 N–H and O–H groups in total. The minimum atomic E-state index is -0.0775. The summed E-state index contributed by atoms with van der Waals surface area (Å²) in [6.45, 7) is 5.46. The summed E-state index contributed by atoms with van der Waals surface area (Å²) < 4.78 is 10.3. The molecule has 0 aliphatic carbocycles. The van der Waals surface area contributed by atoms with Crippen molar-refractivity contribution in [1.82, 2.24) is 10.1 Å². The Morgan fingerprint density at radius 3 is 2.86 bits per heavy atom. The summed E-state index contributed by atoms with van der Waals surface area (Å²) in [5, 5.41) is 6.72. The Kier molecular flexibility index (Phi) is 5.55. The van der Waals surface area contributed by atoms with Gasteiger partial charge in [-0.05, 0) is 25.6 Å². The van der Waals surface area contributed by atoms with Gasteiger partial charge in [-0.25, -0.2) is 0 Å². The Morgan fingerprint density at radius 1 is 1.41 bits per heavy atom. The lowest BCUT2D eigenvalue weighted by Gasteiger charge is -2.18. The van der Waals surface area contributed by atoms with Crippen molar-refractivity contribution in [3.63, 3.8) is 0 Å². The Bertz CT molecular complexity index is 625. The molecule has 2 aromatic rings. The molecule has 0 atom stereocenters. The molecule has 1 amide bonds. The van der Waals surface area contributed by atoms with E-state index in [0.717, 1.165) is 23.7 Å². The number of aromatic nitrogens is 1. The van der Waals surface area contributed by atoms with Gasteiger partial charge in [0.2, 0.25) is 5.91 Å². The van der Waals surface area contributed by atoms with Crippen LogP contribution < -0.4 is 10.1 Å². The molecule has 6 nitrogen and oxygen atoms in total. The van der Waals surface area contributed by atoms with Gasteiger partial charge >= 0.3 is 0 Å². The number of nitrogens with one attached hydrogen (secondary N) is 1. The van der Waals surface area contributed by atoms with Gasteiger partial charge in [-0.1, -0.05) is 18.1 Å². The Hall–Kier alpha value is -2.34. The summed E-state index contributed by atoms with van der Waals surface area (Å²) in [4.78, 5) is 14.1. The van der Waals surface area contributed by atoms with Crippen LogP contribution in [0.3, 0.4) is 0 Å². The minimum absolute atomic E-state index is 0.0775. The van der Waals surface area contributed by atoms with Crippen LogP contribution in [-0.2, 0) is 11.3 Å². The van der Waals surface area contributed by atoms with Crippen molar-refractivity contribution < 1.29 is 14.1 Å². The van der Waals surface area contributed by atoms with E-state index >= 15 is 0 Å². The van der Waals surface area contributed by atoms with E-state index in [2.05, 4.69) is 10.5 Å². The van der Waals surface area contributed by atoms with Gasteiger partial charge in [0.1, 0.15) is 5.75 Å². The molecule has 0 aliphatic rings. The van der Waals surface area contributed by atoms with Gasteiger partial charge in [-0.3, -0.25) is 9.69 Å². The third-order valence-electron chi connectivity index (χ3n) is 3.22. The smallest absolute Gasteiger partial charge is 0.238 e. The van der Waals surface area contributed by atoms with Gasteiger partial charge in [-0.15, -0.1) is 0 Å². The Balaban J connectivity index is 1.91. The predicted octanol–water partition coefficient (Wildman–Crippen LogP) is 2.45. The minimum Gasteiger partial charge on any atom is -0.497 e. The molecule has 0 spiro atoms. The first-order valence-corrected chi connectivity index (χ1v) is 7.19. The number of ether oxygens (including phenoxy) is 1. The van der Waals surface area contributed by atoms with Gasteiger partial charge in [0.25, 0.3) is 0 Å². The van der Waals surface area contributed by atoms with E-state index < -0.39 is 0 Å². The molecule has 0 saturated carbocycles. The quantitative estimate of drug-likeness (QED) is 0.851. The molecular weight excluding hydrogens is 282 g/mol. The summed E-state index contributed by atoms with van der Waals surface area (Å²) in [5.41, 5.74) is 1.56. The van der Waals surface area contributed by atoms with Crippen LogP contribution in [-0.4, -0.2) is 36.2 Å². The van der Waals surface area contributed by atoms with E-state index in [1.54, 1.807) is 13.2 Å². The van der Waals surface area contributed by atoms with Crippen LogP contribution in [0.5, 0.6) is 5.75 Å². The van der Waals surface area contributed by atoms with E-state index in [0.29, 0.717) is 12.3 Å². The lowest BCUT2D eigenvalue weighted by molar-refractivity contribution is -0.117. The molecule has 2 rings (SSSR count). The zero-order chi connectivity index (χ0) is 15.9. The molecule has 1 aromatic heterocycles. The molecule has 1 aromatic carbocycles. The summed E-state index contributed by atoms with van der Waals surface area (Å²) >= 11 is 0. The monoisotopic (exact) mass is 303 g/mol. The van der Waals surface area contributed by atoms with Crippen LogP contribution in [0.1, 0.15) is 18.4 Å². The van der Waals surface area contributed by atoms with E-state index in [1.807, 2.05) is 43.0 Å². The van der Waals surface area contributed by atoms with E-state index in [1.165, 1.54) is 0 Å². The molecule has 0 bridgehead atoms. The molecule has 0 unspecified atom stereocenters. The van der Waals surface area contributed by atoms with Gasteiger partial charge < -0.3 is 14.6 Å². The second-order valence-electron chi connectivity index (χ2n) is 5.02. The molecule has 1 heterocycles. The van der Waals surface area contributed by atoms with Crippen LogP contribution in [0.25, 0.3) is 0 Å². The van der Waals surface area contributed by atoms with Gasteiger partial charge in [0, 0.05) is 17.8 Å². The molecule has 118 valence electrons. The van der Waals surface area contributed by atoms with Crippen molar-refractivity contribution in [3.05, 3.63) is 41.8 Å². The van der Waals surface area contributed by atoms with Gasteiger partial charge in [0.15, 0.2) is 5.76 Å². The number of aryl methyl sites for hydroxylation is 1. The van der Waals surface area contributed by atoms with Crippen molar-refractivity contribution in [3.8, 4) is 5.75 Å². The standard InChI is InChI=1S/C16H21N3O3/c1-4-19(10-15-8-12(2)18-22-15)11-16(20)17-13-6-5-7-14(9-13)21-3/h5-9H,4,10-11H2,1-3H3,(H,17,20). The normalized spacial score (nSPS) is 10.7. The number of methoxy groups -OCH3 is 1. The van der Waals surface area contributed by atoms with Gasteiger partial charge in [-0.2, -0.15) is 0 Å². The number of amides is 1. The number of hydrogen-bond donors (Lipinski definition) is 1. The fourth-order valence-electron chi connectivity index (χ4n) is 2.10. The van der Waals surface area contributed by atoms with Crippen molar-refractivity contribution in [2.24, 2.45) is 0 Å². The third-order valence-corrected chi connectivity index (χ3v) is 3.22. The van der Waals surface area contributed by atoms with Crippen LogP contribution in [0.15, 0.2) is 34.9 Å². The van der Waals surface area contributed by atoms with Crippen molar-refractivity contribution in [2.45, 2.75) is 20.4 Å². The van der Waals surface area contributed by atoms with Crippen LogP contribution >= 0.6 is 0 Å². The van der Waals surface area contributed by atoms with E-state index in [9.17, 15) is 4.79 Å². The number of likely N-dealkylation sites (N-methyl/N-ethyl adjacent to an activating group) is 1. The second kappa shape index (κ2) is 7.61. The molecular formula is C16H21N3O3. The zero-order valence-electron chi connectivity index (χ0n) is 13.1. The molecule has 0 aliphatic heterocycles. The van der Waals surface area contributed by atoms with Crippen LogP contribution in [0.2, 0.25) is 0 Å². The van der Waals surface area contributed by atoms with E-state index in [-0.39, 0.29) is 12.5 Å². The lowest BCUT2D eigenvalue weighted by Crippen LogP contribution is -2.32. The molecule has 0 radical (unpaired) electrons. The summed E-state index contributed by atoms with van der Waals surface area (Å²) in [5.74, 6) is 1.39. The fraction of sp³-hybridized carbons (Fsp3) is 0.375. The summed E-state index contributed by atoms with van der Waals surface area (Å²) in [6.07, 6.45) is 0. The number of carbonyl (C=O) groups is 1. The van der Waals surface area contributed by atoms with Crippen molar-refractivity contribution in [1.29, 1.82) is 0 Å². The Morgan fingerprint density at radius 2 is 2.23 bits per heavy atom. The highest BCUT2D eigenvalue weighted by Crippen LogP contribution is 2.16. The van der Waals surface area contributed by atoms with Crippen molar-refractivity contribution >= 4 is 11.6 Å². The number of benzene rings is 1. The SMILES string of the molecule is CCN(CC(=O)Nc1cccc(OC)c1)Cc1cc(C)no1. The first kappa shape index (κ1) is 16.0. The zero-order valence-corrected chi connectivity index (χ0v) is 13.1. The first-order chi connectivity index (χ1) is 10.6. The fourth-order valence-corrected chi connectivity index (χ4v) is 2.10. The highest BCUT2D eigenvalue weighted by molar-refractivity contribution is 5.92. The average Bonchev–Trinajstić information content (AvgIpc) is 2.91. The predicted molar refractivity (Wildman–Crippen MR) is 83.8 cm³/mol. The maximum absolute atomic E-state index is 12.1. The summed E-state index contributed by atoms with van der Waals surface area (Å²) in [7, 11) is 1.60. The van der Waals surface area contributed by atoms with E-state index in [4.69, 9.17) is 9.26 Å². The highest BCUT2D eigenvalue weighted by atomic mass is 16.5. The number of rotatable bonds is 7. The number of nitrogens with zero attached hydrogens (tertiary/aromatic N) is 2. The first-order valence-electron chi connectivity index (χ1n) is 7.19. The second-order valence-corrected chi connectivity index (χ2v) is 5.02. The van der Waals surface area contributed by atoms with Gasteiger partial charge in [0.05, 0.1) is 25.9 Å². The maximum atomic E-state index is 12.1. The third kappa shape index (κ3) is 4.60. The highest BCUT2D eigenvalue weighted by Gasteiger charge is 2.12. The van der Waals surface area contributed by atoms with Crippen LogP contribution in [0.4, 0.5) is 5.69 Å². The molecule has 0 saturated heterocycles. The average molecular weight is 303 g/mol. The number of anilines is 1. The van der Waals surface area contributed by atoms with Crippen molar-refractivity contribution in [2.75, 3.05) is 25.5 Å². The largest absolute Gasteiger partial charge is 0.497 e. The molecule has 0 fully saturated rings. The number of hydrogen-bond acceptors (Lipinski definition) is 5. The lowest BCUT2D eigenvalue weighted by atomic mass is 10.3. The summed E-state index contributed by atoms with van der Waals surface area (Å²) in [6, 6.07) is 9.16. The number of carbonyl (C=O) groups excluding carboxylic acids is 1. The Labute approximate surface area is 130 Å². The topological polar surface area (TPSA) is 67.6 Å².